The number of allylic oxidation sites excluding steroid dienone is 5. The highest BCUT2D eigenvalue weighted by Crippen LogP contribution is 2.41. The molecule has 7 rings (SSSR count). The van der Waals surface area contributed by atoms with E-state index in [1.54, 1.807) is 0 Å². The summed E-state index contributed by atoms with van der Waals surface area (Å²) in [5.41, 5.74) is 6.81. The molecule has 4 aromatic rings. The Balaban J connectivity index is 1.21. The first-order valence-corrected chi connectivity index (χ1v) is 15.9. The van der Waals surface area contributed by atoms with Gasteiger partial charge in [-0.3, -0.25) is 0 Å². The maximum Gasteiger partial charge on any atom is 0.198 e. The van der Waals surface area contributed by atoms with Gasteiger partial charge < -0.3 is 15.0 Å². The predicted molar refractivity (Wildman–Crippen MR) is 170 cm³/mol. The summed E-state index contributed by atoms with van der Waals surface area (Å²) in [6.45, 7) is 4.49. The molecule has 3 aromatic carbocycles. The zero-order valence-corrected chi connectivity index (χ0v) is 23.8. The van der Waals surface area contributed by atoms with Gasteiger partial charge in [0.15, 0.2) is 11.6 Å². The third-order valence-electron chi connectivity index (χ3n) is 7.90. The molecule has 1 saturated heterocycles. The third-order valence-corrected chi connectivity index (χ3v) is 10.0. The number of hydrogen-bond acceptors (Lipinski definition) is 5. The number of nitrogens with zero attached hydrogens (tertiary/aromatic N) is 1. The van der Waals surface area contributed by atoms with Gasteiger partial charge in [0, 0.05) is 45.3 Å². The first kappa shape index (κ1) is 24.6. The van der Waals surface area contributed by atoms with Gasteiger partial charge in [-0.25, -0.2) is 0 Å². The minimum atomic E-state index is 0.796. The Morgan fingerprint density at radius 2 is 1.72 bits per heavy atom. The molecule has 2 aliphatic heterocycles. The standard InChI is InChI=1S/C34H32N2OS2/c1-2-26-28-9-5-6-10-30(28)39-31(26)17-14-24-11-12-25(33(24)36-19-21-38-22-20-36)15-18-32-35-29-16-13-23-7-3-4-8-27(23)34(29)37-32/h3-10,13-18,35H,2,11-12,19-22H2,1H3/b17-14+,25-15-,32-18+. The molecule has 5 heteroatoms. The van der Waals surface area contributed by atoms with Gasteiger partial charge in [0.05, 0.1) is 5.69 Å². The van der Waals surface area contributed by atoms with Gasteiger partial charge in [-0.2, -0.15) is 11.8 Å². The highest BCUT2D eigenvalue weighted by molar-refractivity contribution is 7.99. The fourth-order valence-corrected chi connectivity index (χ4v) is 8.10. The van der Waals surface area contributed by atoms with Gasteiger partial charge in [0.1, 0.15) is 0 Å². The van der Waals surface area contributed by atoms with Gasteiger partial charge in [-0.15, -0.1) is 11.3 Å². The lowest BCUT2D eigenvalue weighted by molar-refractivity contribution is 0.387. The highest BCUT2D eigenvalue weighted by atomic mass is 32.2. The van der Waals surface area contributed by atoms with Crippen LogP contribution in [0.5, 0.6) is 5.75 Å². The number of rotatable bonds is 5. The molecule has 0 bridgehead atoms. The molecule has 39 heavy (non-hydrogen) atoms. The SMILES string of the molecule is CCc1c(/C=C/C2=C(N3CCSCC3)C(=C\C=C3/Nc4ccc5ccccc5c4O3)/CC2)sc2ccccc12. The van der Waals surface area contributed by atoms with Crippen molar-refractivity contribution in [1.29, 1.82) is 0 Å². The van der Waals surface area contributed by atoms with Crippen molar-refractivity contribution >= 4 is 55.7 Å². The number of thiophene rings is 1. The second kappa shape index (κ2) is 10.6. The fraction of sp³-hybridized carbons (Fsp3) is 0.235. The summed E-state index contributed by atoms with van der Waals surface area (Å²) in [5.74, 6) is 4.10. The number of nitrogens with one attached hydrogen (secondary N) is 1. The summed E-state index contributed by atoms with van der Waals surface area (Å²) in [4.78, 5) is 4.01. The number of aryl methyl sites for hydroxylation is 1. The molecule has 1 fully saturated rings. The molecule has 1 aromatic heterocycles. The van der Waals surface area contributed by atoms with Crippen LogP contribution in [0.2, 0.25) is 0 Å². The summed E-state index contributed by atoms with van der Waals surface area (Å²) in [6.07, 6.45) is 12.4. The maximum absolute atomic E-state index is 6.31. The molecule has 1 aliphatic carbocycles. The van der Waals surface area contributed by atoms with Gasteiger partial charge in [-0.05, 0) is 71.0 Å². The van der Waals surface area contributed by atoms with E-state index in [9.17, 15) is 0 Å². The second-order valence-corrected chi connectivity index (χ2v) is 12.5. The lowest BCUT2D eigenvalue weighted by Crippen LogP contribution is -2.32. The average molecular weight is 549 g/mol. The van der Waals surface area contributed by atoms with E-state index in [0.29, 0.717) is 0 Å². The van der Waals surface area contributed by atoms with Crippen molar-refractivity contribution in [1.82, 2.24) is 4.90 Å². The lowest BCUT2D eigenvalue weighted by Gasteiger charge is -2.31. The first-order valence-electron chi connectivity index (χ1n) is 13.9. The number of thioether (sulfide) groups is 1. The van der Waals surface area contributed by atoms with Gasteiger partial charge in [0.2, 0.25) is 0 Å². The molecule has 3 aliphatic rings. The van der Waals surface area contributed by atoms with E-state index >= 15 is 0 Å². The molecule has 196 valence electrons. The van der Waals surface area contributed by atoms with Crippen LogP contribution in [-0.2, 0) is 6.42 Å². The first-order chi connectivity index (χ1) is 19.3. The quantitative estimate of drug-likeness (QED) is 0.269. The Kier molecular flexibility index (Phi) is 6.71. The minimum absolute atomic E-state index is 0.796. The summed E-state index contributed by atoms with van der Waals surface area (Å²) in [7, 11) is 0. The Bertz CT molecular complexity index is 1680. The fourth-order valence-electron chi connectivity index (χ4n) is 5.99. The number of fused-ring (bicyclic) bond motifs is 4. The highest BCUT2D eigenvalue weighted by Gasteiger charge is 2.25. The molecule has 3 nitrogen and oxygen atoms in total. The molecule has 0 spiro atoms. The van der Waals surface area contributed by atoms with E-state index in [1.807, 2.05) is 11.3 Å². The average Bonchev–Trinajstić information content (AvgIpc) is 3.69. The van der Waals surface area contributed by atoms with E-state index in [4.69, 9.17) is 4.74 Å². The van der Waals surface area contributed by atoms with Crippen molar-refractivity contribution in [2.45, 2.75) is 26.2 Å². The third kappa shape index (κ3) is 4.68. The van der Waals surface area contributed by atoms with Crippen molar-refractivity contribution in [3.8, 4) is 5.75 Å². The van der Waals surface area contributed by atoms with Crippen molar-refractivity contribution in [2.24, 2.45) is 0 Å². The van der Waals surface area contributed by atoms with E-state index in [1.165, 1.54) is 54.3 Å². The monoisotopic (exact) mass is 548 g/mol. The van der Waals surface area contributed by atoms with Crippen LogP contribution in [0.3, 0.4) is 0 Å². The van der Waals surface area contributed by atoms with Crippen molar-refractivity contribution in [3.05, 3.63) is 112 Å². The van der Waals surface area contributed by atoms with Crippen LogP contribution < -0.4 is 10.1 Å². The smallest absolute Gasteiger partial charge is 0.198 e. The van der Waals surface area contributed by atoms with Crippen LogP contribution >= 0.6 is 23.1 Å². The van der Waals surface area contributed by atoms with Crippen molar-refractivity contribution in [3.63, 3.8) is 0 Å². The number of anilines is 1. The molecule has 0 atom stereocenters. The Hall–Kier alpha value is -3.41. The van der Waals surface area contributed by atoms with Gasteiger partial charge >= 0.3 is 0 Å². The molecule has 3 heterocycles. The maximum atomic E-state index is 6.31. The van der Waals surface area contributed by atoms with E-state index in [-0.39, 0.29) is 0 Å². The van der Waals surface area contributed by atoms with Gasteiger partial charge in [-0.1, -0.05) is 67.6 Å². The molecule has 1 N–H and O–H groups in total. The molecule has 0 unspecified atom stereocenters. The Morgan fingerprint density at radius 1 is 0.897 bits per heavy atom. The van der Waals surface area contributed by atoms with Crippen LogP contribution in [0.1, 0.15) is 30.2 Å². The molecule has 0 radical (unpaired) electrons. The molecule has 0 saturated carbocycles. The van der Waals surface area contributed by atoms with E-state index in [0.717, 1.165) is 55.1 Å². The Labute approximate surface area is 238 Å². The Morgan fingerprint density at radius 3 is 2.59 bits per heavy atom. The summed E-state index contributed by atoms with van der Waals surface area (Å²) in [5, 5.41) is 7.22. The number of hydrogen-bond donors (Lipinski definition) is 1. The molecule has 0 amide bonds. The zero-order chi connectivity index (χ0) is 26.2. The van der Waals surface area contributed by atoms with Gasteiger partial charge in [0.25, 0.3) is 0 Å². The van der Waals surface area contributed by atoms with Crippen LogP contribution in [0.4, 0.5) is 5.69 Å². The number of ether oxygens (including phenoxy) is 1. The van der Waals surface area contributed by atoms with Crippen molar-refractivity contribution < 1.29 is 4.74 Å². The van der Waals surface area contributed by atoms with E-state index < -0.39 is 0 Å². The lowest BCUT2D eigenvalue weighted by atomic mass is 10.1. The van der Waals surface area contributed by atoms with Crippen molar-refractivity contribution in [2.75, 3.05) is 29.9 Å². The molecular weight excluding hydrogens is 517 g/mol. The largest absolute Gasteiger partial charge is 0.438 e. The number of benzene rings is 3. The van der Waals surface area contributed by atoms with E-state index in [2.05, 4.69) is 114 Å². The summed E-state index contributed by atoms with van der Waals surface area (Å²) >= 11 is 3.98. The van der Waals surface area contributed by atoms with Crippen LogP contribution in [0, 0.1) is 0 Å². The van der Waals surface area contributed by atoms with Crippen LogP contribution in [-0.4, -0.2) is 29.5 Å². The normalized spacial score (nSPS) is 19.6. The van der Waals surface area contributed by atoms with Crippen LogP contribution in [0.15, 0.2) is 102 Å². The predicted octanol–water partition coefficient (Wildman–Crippen LogP) is 9.00. The molecular formula is C34H32N2OS2. The summed E-state index contributed by atoms with van der Waals surface area (Å²) in [6, 6.07) is 21.5. The minimum Gasteiger partial charge on any atom is -0.438 e. The zero-order valence-electron chi connectivity index (χ0n) is 22.2. The topological polar surface area (TPSA) is 24.5 Å². The second-order valence-electron chi connectivity index (χ2n) is 10.2. The van der Waals surface area contributed by atoms with Crippen LogP contribution in [0.25, 0.3) is 26.9 Å². The summed E-state index contributed by atoms with van der Waals surface area (Å²) < 4.78 is 7.69.